The SMILES string of the molecule is CCC(CCl)(Cc1ccc(Cl)cc1F)c1ccccc1. The van der Waals surface area contributed by atoms with Crippen LogP contribution in [0.1, 0.15) is 24.5 Å². The summed E-state index contributed by atoms with van der Waals surface area (Å²) in [6.45, 7) is 2.09. The van der Waals surface area contributed by atoms with Crippen molar-refractivity contribution in [2.75, 3.05) is 5.88 Å². The molecule has 1 unspecified atom stereocenters. The molecule has 0 aromatic heterocycles. The van der Waals surface area contributed by atoms with Crippen LogP contribution in [0.15, 0.2) is 48.5 Å². The van der Waals surface area contributed by atoms with Crippen LogP contribution in [0.2, 0.25) is 5.02 Å². The molecular weight excluding hydrogens is 294 g/mol. The first-order valence-corrected chi connectivity index (χ1v) is 7.58. The van der Waals surface area contributed by atoms with Crippen molar-refractivity contribution < 1.29 is 4.39 Å². The fraction of sp³-hybridized carbons (Fsp3) is 0.294. The Balaban J connectivity index is 2.39. The highest BCUT2D eigenvalue weighted by molar-refractivity contribution is 6.30. The van der Waals surface area contributed by atoms with E-state index >= 15 is 0 Å². The molecule has 0 radical (unpaired) electrons. The molecule has 2 rings (SSSR count). The topological polar surface area (TPSA) is 0 Å². The first-order chi connectivity index (χ1) is 9.61. The van der Waals surface area contributed by atoms with Crippen molar-refractivity contribution in [3.05, 3.63) is 70.5 Å². The molecule has 0 aliphatic rings. The van der Waals surface area contributed by atoms with Gasteiger partial charge in [0.05, 0.1) is 0 Å². The van der Waals surface area contributed by atoms with Crippen LogP contribution in [0.25, 0.3) is 0 Å². The van der Waals surface area contributed by atoms with Gasteiger partial charge in [-0.2, -0.15) is 0 Å². The Hall–Kier alpha value is -1.05. The van der Waals surface area contributed by atoms with Gasteiger partial charge < -0.3 is 0 Å². The summed E-state index contributed by atoms with van der Waals surface area (Å²) in [4.78, 5) is 0. The summed E-state index contributed by atoms with van der Waals surface area (Å²) >= 11 is 12.1. The molecule has 0 heterocycles. The van der Waals surface area contributed by atoms with E-state index in [-0.39, 0.29) is 11.2 Å². The molecule has 0 nitrogen and oxygen atoms in total. The Morgan fingerprint density at radius 3 is 2.35 bits per heavy atom. The first kappa shape index (κ1) is 15.3. The number of alkyl halides is 1. The maximum absolute atomic E-state index is 14.0. The molecule has 1 atom stereocenters. The van der Waals surface area contributed by atoms with Crippen LogP contribution in [0.5, 0.6) is 0 Å². The molecule has 106 valence electrons. The molecule has 0 amide bonds. The van der Waals surface area contributed by atoms with Gasteiger partial charge in [0.2, 0.25) is 0 Å². The molecule has 2 aromatic carbocycles. The molecule has 0 fully saturated rings. The Morgan fingerprint density at radius 2 is 1.80 bits per heavy atom. The van der Waals surface area contributed by atoms with Crippen molar-refractivity contribution in [2.45, 2.75) is 25.2 Å². The van der Waals surface area contributed by atoms with E-state index < -0.39 is 0 Å². The molecule has 2 aromatic rings. The van der Waals surface area contributed by atoms with Gasteiger partial charge in [-0.3, -0.25) is 0 Å². The van der Waals surface area contributed by atoms with Crippen molar-refractivity contribution in [1.29, 1.82) is 0 Å². The van der Waals surface area contributed by atoms with E-state index in [4.69, 9.17) is 23.2 Å². The third-order valence-electron chi connectivity index (χ3n) is 3.86. The monoisotopic (exact) mass is 310 g/mol. The maximum atomic E-state index is 14.0. The quantitative estimate of drug-likeness (QED) is 0.630. The van der Waals surface area contributed by atoms with E-state index in [0.29, 0.717) is 22.9 Å². The summed E-state index contributed by atoms with van der Waals surface area (Å²) in [6.07, 6.45) is 1.42. The predicted octanol–water partition coefficient (Wildman–Crippen LogP) is 5.61. The molecule has 0 saturated carbocycles. The average Bonchev–Trinajstić information content (AvgIpc) is 2.48. The van der Waals surface area contributed by atoms with E-state index in [0.717, 1.165) is 12.0 Å². The molecule has 0 bridgehead atoms. The van der Waals surface area contributed by atoms with Crippen LogP contribution in [-0.2, 0) is 11.8 Å². The van der Waals surface area contributed by atoms with E-state index in [1.54, 1.807) is 12.1 Å². The predicted molar refractivity (Wildman–Crippen MR) is 84.2 cm³/mol. The minimum atomic E-state index is -0.267. The summed E-state index contributed by atoms with van der Waals surface area (Å²) in [5.41, 5.74) is 1.55. The van der Waals surface area contributed by atoms with Crippen molar-refractivity contribution in [3.8, 4) is 0 Å². The van der Waals surface area contributed by atoms with Gasteiger partial charge in [-0.1, -0.05) is 54.9 Å². The lowest BCUT2D eigenvalue weighted by atomic mass is 9.75. The highest BCUT2D eigenvalue weighted by Crippen LogP contribution is 2.34. The Kier molecular flexibility index (Phi) is 5.06. The first-order valence-electron chi connectivity index (χ1n) is 6.67. The van der Waals surface area contributed by atoms with Gasteiger partial charge in [0, 0.05) is 16.3 Å². The number of hydrogen-bond donors (Lipinski definition) is 0. The summed E-state index contributed by atoms with van der Waals surface area (Å²) in [5.74, 6) is 0.187. The minimum Gasteiger partial charge on any atom is -0.207 e. The molecule has 0 spiro atoms. The highest BCUT2D eigenvalue weighted by Gasteiger charge is 2.30. The van der Waals surface area contributed by atoms with Crippen molar-refractivity contribution in [2.24, 2.45) is 0 Å². The number of benzene rings is 2. The molecule has 20 heavy (non-hydrogen) atoms. The van der Waals surface area contributed by atoms with Crippen LogP contribution in [0.3, 0.4) is 0 Å². The van der Waals surface area contributed by atoms with Gasteiger partial charge in [0.25, 0.3) is 0 Å². The van der Waals surface area contributed by atoms with E-state index in [1.807, 2.05) is 18.2 Å². The average molecular weight is 311 g/mol. The molecule has 0 saturated heterocycles. The molecule has 0 N–H and O–H groups in total. The molecule has 0 aliphatic carbocycles. The van der Waals surface area contributed by atoms with Gasteiger partial charge in [-0.05, 0) is 36.1 Å². The zero-order chi connectivity index (χ0) is 14.6. The smallest absolute Gasteiger partial charge is 0.127 e. The fourth-order valence-corrected chi connectivity index (χ4v) is 3.07. The fourth-order valence-electron chi connectivity index (χ4n) is 2.47. The zero-order valence-corrected chi connectivity index (χ0v) is 12.9. The second-order valence-corrected chi connectivity index (χ2v) is 5.75. The normalized spacial score (nSPS) is 14.0. The van der Waals surface area contributed by atoms with E-state index in [9.17, 15) is 4.39 Å². The lowest BCUT2D eigenvalue weighted by Gasteiger charge is -2.31. The van der Waals surface area contributed by atoms with Crippen LogP contribution in [0, 0.1) is 5.82 Å². The summed E-state index contributed by atoms with van der Waals surface area (Å²) in [7, 11) is 0. The second-order valence-electron chi connectivity index (χ2n) is 5.05. The lowest BCUT2D eigenvalue weighted by molar-refractivity contribution is 0.447. The number of halogens is 3. The number of hydrogen-bond acceptors (Lipinski definition) is 0. The Morgan fingerprint density at radius 1 is 1.10 bits per heavy atom. The standard InChI is InChI=1S/C17H17Cl2F/c1-2-17(12-18,14-6-4-3-5-7-14)11-13-8-9-15(19)10-16(13)20/h3-10H,2,11-12H2,1H3. The summed E-state index contributed by atoms with van der Waals surface area (Å²) in [6, 6.07) is 14.9. The van der Waals surface area contributed by atoms with Crippen LogP contribution in [0.4, 0.5) is 4.39 Å². The van der Waals surface area contributed by atoms with E-state index in [1.165, 1.54) is 6.07 Å². The minimum absolute atomic E-state index is 0.252. The van der Waals surface area contributed by atoms with Crippen LogP contribution >= 0.6 is 23.2 Å². The van der Waals surface area contributed by atoms with Crippen molar-refractivity contribution in [3.63, 3.8) is 0 Å². The Labute approximate surface area is 129 Å². The molecular formula is C17H17Cl2F. The van der Waals surface area contributed by atoms with Gasteiger partial charge in [-0.15, -0.1) is 11.6 Å². The Bertz CT molecular complexity index is 562. The van der Waals surface area contributed by atoms with Gasteiger partial charge >= 0.3 is 0 Å². The summed E-state index contributed by atoms with van der Waals surface area (Å²) in [5, 5.41) is 0.416. The van der Waals surface area contributed by atoms with Gasteiger partial charge in [-0.25, -0.2) is 4.39 Å². The van der Waals surface area contributed by atoms with Crippen LogP contribution in [-0.4, -0.2) is 5.88 Å². The summed E-state index contributed by atoms with van der Waals surface area (Å²) < 4.78 is 14.0. The van der Waals surface area contributed by atoms with Crippen LogP contribution < -0.4 is 0 Å². The third-order valence-corrected chi connectivity index (χ3v) is 4.61. The third kappa shape index (κ3) is 3.16. The second kappa shape index (κ2) is 6.60. The lowest BCUT2D eigenvalue weighted by Crippen LogP contribution is -2.30. The molecule has 3 heteroatoms. The highest BCUT2D eigenvalue weighted by atomic mass is 35.5. The largest absolute Gasteiger partial charge is 0.207 e. The van der Waals surface area contributed by atoms with Gasteiger partial charge in [0.15, 0.2) is 0 Å². The molecule has 0 aliphatic heterocycles. The van der Waals surface area contributed by atoms with E-state index in [2.05, 4.69) is 19.1 Å². The van der Waals surface area contributed by atoms with Crippen molar-refractivity contribution in [1.82, 2.24) is 0 Å². The maximum Gasteiger partial charge on any atom is 0.127 e. The number of rotatable bonds is 5. The zero-order valence-electron chi connectivity index (χ0n) is 11.4. The van der Waals surface area contributed by atoms with Gasteiger partial charge in [0.1, 0.15) is 5.82 Å². The van der Waals surface area contributed by atoms with Crippen molar-refractivity contribution >= 4 is 23.2 Å².